The summed E-state index contributed by atoms with van der Waals surface area (Å²) in [6.45, 7) is 3.48. The fraction of sp³-hybridized carbons (Fsp3) is 0.438. The fourth-order valence-electron chi connectivity index (χ4n) is 2.76. The monoisotopic (exact) mass is 312 g/mol. The van der Waals surface area contributed by atoms with Crippen molar-refractivity contribution in [2.45, 2.75) is 32.1 Å². The van der Waals surface area contributed by atoms with Gasteiger partial charge in [0, 0.05) is 37.8 Å². The zero-order valence-electron chi connectivity index (χ0n) is 13.1. The zero-order chi connectivity index (χ0) is 16.1. The Bertz CT molecular complexity index is 645. The van der Waals surface area contributed by atoms with Gasteiger partial charge in [-0.25, -0.2) is 15.0 Å². The summed E-state index contributed by atoms with van der Waals surface area (Å²) in [5.74, 6) is 1.57. The predicted molar refractivity (Wildman–Crippen MR) is 86.2 cm³/mol. The maximum Gasteiger partial charge on any atom is 0.228 e. The lowest BCUT2D eigenvalue weighted by molar-refractivity contribution is -0.132. The van der Waals surface area contributed by atoms with E-state index < -0.39 is 0 Å². The highest BCUT2D eigenvalue weighted by Crippen LogP contribution is 2.25. The van der Waals surface area contributed by atoms with Gasteiger partial charge < -0.3 is 10.2 Å². The Kier molecular flexibility index (Phi) is 4.75. The van der Waals surface area contributed by atoms with E-state index in [4.69, 9.17) is 0 Å². The Balaban J connectivity index is 1.66. The van der Waals surface area contributed by atoms with Crippen molar-refractivity contribution in [3.63, 3.8) is 0 Å². The lowest BCUT2D eigenvalue weighted by Gasteiger charge is -2.32. The van der Waals surface area contributed by atoms with Gasteiger partial charge >= 0.3 is 0 Å². The third-order valence-electron chi connectivity index (χ3n) is 3.97. The van der Waals surface area contributed by atoms with Crippen molar-refractivity contribution in [1.82, 2.24) is 24.8 Å². The molecule has 3 heterocycles. The Morgan fingerprint density at radius 2 is 2.09 bits per heavy atom. The summed E-state index contributed by atoms with van der Waals surface area (Å²) in [5.41, 5.74) is 0.929. The lowest BCUT2D eigenvalue weighted by Crippen LogP contribution is -2.38. The minimum absolute atomic E-state index is 0.210. The van der Waals surface area contributed by atoms with Gasteiger partial charge in [0.05, 0.1) is 18.1 Å². The minimum atomic E-state index is 0.210. The number of carbonyl (C=O) groups is 1. The van der Waals surface area contributed by atoms with Crippen LogP contribution in [-0.4, -0.2) is 43.8 Å². The second-order valence-corrected chi connectivity index (χ2v) is 5.56. The topological polar surface area (TPSA) is 83.9 Å². The van der Waals surface area contributed by atoms with Crippen LogP contribution in [-0.2, 0) is 4.79 Å². The molecule has 3 rings (SSSR count). The van der Waals surface area contributed by atoms with Gasteiger partial charge in [0.2, 0.25) is 11.9 Å². The minimum Gasteiger partial charge on any atom is -0.342 e. The number of piperidine rings is 1. The number of aromatic nitrogens is 4. The molecule has 0 aromatic carbocycles. The number of hydrogen-bond donors (Lipinski definition) is 1. The SMILES string of the molecule is CCC(=O)N1CCC[C@@H](c2cnc(Nc3ncccn3)cn2)C1. The van der Waals surface area contributed by atoms with Gasteiger partial charge in [-0.3, -0.25) is 9.78 Å². The molecule has 0 bridgehead atoms. The highest BCUT2D eigenvalue weighted by atomic mass is 16.2. The van der Waals surface area contributed by atoms with E-state index in [0.717, 1.165) is 31.6 Å². The molecule has 0 radical (unpaired) electrons. The van der Waals surface area contributed by atoms with Crippen molar-refractivity contribution >= 4 is 17.7 Å². The second kappa shape index (κ2) is 7.13. The molecular formula is C16H20N6O. The van der Waals surface area contributed by atoms with Crippen molar-refractivity contribution in [3.8, 4) is 0 Å². The average Bonchev–Trinajstić information content (AvgIpc) is 2.62. The fourth-order valence-corrected chi connectivity index (χ4v) is 2.76. The number of hydrogen-bond acceptors (Lipinski definition) is 6. The first-order chi connectivity index (χ1) is 11.3. The summed E-state index contributed by atoms with van der Waals surface area (Å²) in [7, 11) is 0. The molecule has 0 saturated carbocycles. The molecule has 1 fully saturated rings. The standard InChI is InChI=1S/C16H20N6O/c1-2-15(23)22-8-3-5-12(11-22)13-9-20-14(10-19-13)21-16-17-6-4-7-18-16/h4,6-7,9-10,12H,2-3,5,8,11H2,1H3,(H,17,18,20,21)/t12-/m1/s1. The summed E-state index contributed by atoms with van der Waals surface area (Å²) in [6.07, 6.45) is 9.39. The lowest BCUT2D eigenvalue weighted by atomic mass is 9.95. The molecule has 1 amide bonds. The number of nitrogens with zero attached hydrogens (tertiary/aromatic N) is 5. The van der Waals surface area contributed by atoms with Crippen molar-refractivity contribution < 1.29 is 4.79 Å². The van der Waals surface area contributed by atoms with E-state index in [-0.39, 0.29) is 11.8 Å². The van der Waals surface area contributed by atoms with Crippen LogP contribution in [0.1, 0.15) is 37.8 Å². The number of likely N-dealkylation sites (tertiary alicyclic amines) is 1. The molecule has 0 aliphatic carbocycles. The molecule has 1 saturated heterocycles. The van der Waals surface area contributed by atoms with Gasteiger partial charge in [-0.05, 0) is 18.9 Å². The molecule has 1 N–H and O–H groups in total. The van der Waals surface area contributed by atoms with Crippen molar-refractivity contribution in [3.05, 3.63) is 36.5 Å². The maximum absolute atomic E-state index is 11.9. The molecule has 2 aromatic rings. The number of carbonyl (C=O) groups excluding carboxylic acids is 1. The third-order valence-corrected chi connectivity index (χ3v) is 3.97. The molecule has 23 heavy (non-hydrogen) atoms. The summed E-state index contributed by atoms with van der Waals surface area (Å²) in [5, 5.41) is 3.01. The molecule has 7 heteroatoms. The number of nitrogens with one attached hydrogen (secondary N) is 1. The smallest absolute Gasteiger partial charge is 0.228 e. The Morgan fingerprint density at radius 1 is 1.26 bits per heavy atom. The molecule has 7 nitrogen and oxygen atoms in total. The van der Waals surface area contributed by atoms with E-state index in [1.807, 2.05) is 11.8 Å². The zero-order valence-corrected chi connectivity index (χ0v) is 13.1. The largest absolute Gasteiger partial charge is 0.342 e. The number of rotatable bonds is 4. The van der Waals surface area contributed by atoms with E-state index in [2.05, 4.69) is 25.3 Å². The van der Waals surface area contributed by atoms with Crippen molar-refractivity contribution in [2.75, 3.05) is 18.4 Å². The van der Waals surface area contributed by atoms with E-state index in [1.54, 1.807) is 30.9 Å². The van der Waals surface area contributed by atoms with Crippen LogP contribution in [0.15, 0.2) is 30.9 Å². The summed E-state index contributed by atoms with van der Waals surface area (Å²) >= 11 is 0. The van der Waals surface area contributed by atoms with E-state index >= 15 is 0 Å². The Morgan fingerprint density at radius 3 is 2.78 bits per heavy atom. The van der Waals surface area contributed by atoms with Crippen molar-refractivity contribution in [1.29, 1.82) is 0 Å². The maximum atomic E-state index is 11.9. The third kappa shape index (κ3) is 3.80. The van der Waals surface area contributed by atoms with Crippen LogP contribution in [0, 0.1) is 0 Å². The molecule has 0 spiro atoms. The summed E-state index contributed by atoms with van der Waals surface area (Å²) in [6, 6.07) is 1.76. The molecule has 120 valence electrons. The Hall–Kier alpha value is -2.57. The van der Waals surface area contributed by atoms with Gasteiger partial charge in [-0.2, -0.15) is 0 Å². The van der Waals surface area contributed by atoms with Gasteiger partial charge in [0.15, 0.2) is 5.82 Å². The first-order valence-electron chi connectivity index (χ1n) is 7.90. The molecule has 1 aliphatic rings. The average molecular weight is 312 g/mol. The molecule has 1 atom stereocenters. The van der Waals surface area contributed by atoms with Gasteiger partial charge in [0.1, 0.15) is 0 Å². The first kappa shape index (κ1) is 15.3. The quantitative estimate of drug-likeness (QED) is 0.931. The van der Waals surface area contributed by atoms with Crippen LogP contribution in [0.25, 0.3) is 0 Å². The van der Waals surface area contributed by atoms with Gasteiger partial charge in [-0.15, -0.1) is 0 Å². The highest BCUT2D eigenvalue weighted by Gasteiger charge is 2.24. The highest BCUT2D eigenvalue weighted by molar-refractivity contribution is 5.76. The van der Waals surface area contributed by atoms with Crippen LogP contribution in [0.5, 0.6) is 0 Å². The van der Waals surface area contributed by atoms with Crippen LogP contribution in [0.2, 0.25) is 0 Å². The molecule has 1 aliphatic heterocycles. The van der Waals surface area contributed by atoms with E-state index in [1.165, 1.54) is 0 Å². The molecule has 2 aromatic heterocycles. The Labute approximate surface area is 135 Å². The van der Waals surface area contributed by atoms with Crippen molar-refractivity contribution in [2.24, 2.45) is 0 Å². The molecule has 0 unspecified atom stereocenters. The first-order valence-corrected chi connectivity index (χ1v) is 7.90. The van der Waals surface area contributed by atoms with E-state index in [0.29, 0.717) is 18.2 Å². The normalized spacial score (nSPS) is 17.8. The van der Waals surface area contributed by atoms with Crippen LogP contribution >= 0.6 is 0 Å². The van der Waals surface area contributed by atoms with Crippen LogP contribution < -0.4 is 5.32 Å². The number of amides is 1. The van der Waals surface area contributed by atoms with E-state index in [9.17, 15) is 4.79 Å². The van der Waals surface area contributed by atoms with Crippen LogP contribution in [0.4, 0.5) is 11.8 Å². The predicted octanol–water partition coefficient (Wildman–Crippen LogP) is 2.13. The van der Waals surface area contributed by atoms with Gasteiger partial charge in [-0.1, -0.05) is 6.92 Å². The number of anilines is 2. The summed E-state index contributed by atoms with van der Waals surface area (Å²) in [4.78, 5) is 30.9. The molecular weight excluding hydrogens is 292 g/mol. The van der Waals surface area contributed by atoms with Gasteiger partial charge in [0.25, 0.3) is 0 Å². The second-order valence-electron chi connectivity index (χ2n) is 5.56. The van der Waals surface area contributed by atoms with Crippen LogP contribution in [0.3, 0.4) is 0 Å². The summed E-state index contributed by atoms with van der Waals surface area (Å²) < 4.78 is 0.